The van der Waals surface area contributed by atoms with Gasteiger partial charge in [0.05, 0.1) is 22.2 Å². The average molecular weight is 465 g/mol. The molecule has 0 saturated heterocycles. The lowest BCUT2D eigenvalue weighted by atomic mass is 10.1. The Hall–Kier alpha value is -3.29. The molecule has 6 nitrogen and oxygen atoms in total. The number of halogens is 1. The highest BCUT2D eigenvalue weighted by molar-refractivity contribution is 7.99. The van der Waals surface area contributed by atoms with Crippen LogP contribution in [0.15, 0.2) is 71.9 Å². The van der Waals surface area contributed by atoms with E-state index in [4.69, 9.17) is 11.6 Å². The Morgan fingerprint density at radius 2 is 1.78 bits per heavy atom. The van der Waals surface area contributed by atoms with E-state index in [9.17, 15) is 9.90 Å². The molecule has 1 aromatic heterocycles. The zero-order valence-corrected chi connectivity index (χ0v) is 19.1. The lowest BCUT2D eigenvalue weighted by Crippen LogP contribution is -2.15. The van der Waals surface area contributed by atoms with Crippen molar-refractivity contribution >= 4 is 35.0 Å². The fraction of sp³-hybridized carbons (Fsp3) is 0.125. The van der Waals surface area contributed by atoms with Gasteiger partial charge in [0.1, 0.15) is 5.75 Å². The highest BCUT2D eigenvalue weighted by Gasteiger charge is 2.19. The quantitative estimate of drug-likeness (QED) is 0.361. The molecular formula is C24H21ClN4O2S. The van der Waals surface area contributed by atoms with Gasteiger partial charge in [0, 0.05) is 5.56 Å². The van der Waals surface area contributed by atoms with Gasteiger partial charge in [-0.15, -0.1) is 10.2 Å². The fourth-order valence-electron chi connectivity index (χ4n) is 3.23. The maximum Gasteiger partial charge on any atom is 0.234 e. The number of anilines is 1. The smallest absolute Gasteiger partial charge is 0.234 e. The van der Waals surface area contributed by atoms with Gasteiger partial charge in [-0.25, -0.2) is 0 Å². The zero-order valence-electron chi connectivity index (χ0n) is 17.5. The van der Waals surface area contributed by atoms with Crippen LogP contribution < -0.4 is 5.32 Å². The summed E-state index contributed by atoms with van der Waals surface area (Å²) in [5.74, 6) is 0.763. The second-order valence-electron chi connectivity index (χ2n) is 7.22. The molecule has 0 fully saturated rings. The minimum atomic E-state index is -0.190. The summed E-state index contributed by atoms with van der Waals surface area (Å²) in [5.41, 5.74) is 4.55. The molecule has 4 aromatic rings. The lowest BCUT2D eigenvalue weighted by molar-refractivity contribution is -0.113. The van der Waals surface area contributed by atoms with Crippen LogP contribution >= 0.6 is 23.4 Å². The molecule has 0 atom stereocenters. The van der Waals surface area contributed by atoms with Crippen LogP contribution in [-0.2, 0) is 4.79 Å². The van der Waals surface area contributed by atoms with Gasteiger partial charge in [-0.3, -0.25) is 9.36 Å². The number of aromatic nitrogens is 3. The third-order valence-electron chi connectivity index (χ3n) is 5.06. The molecule has 4 rings (SSSR count). The summed E-state index contributed by atoms with van der Waals surface area (Å²) in [6.07, 6.45) is 0. The maximum absolute atomic E-state index is 12.5. The summed E-state index contributed by atoms with van der Waals surface area (Å²) in [6.45, 7) is 4.09. The van der Waals surface area contributed by atoms with Gasteiger partial charge in [-0.05, 0) is 67.4 Å². The van der Waals surface area contributed by atoms with E-state index in [0.29, 0.717) is 21.7 Å². The molecule has 0 radical (unpaired) electrons. The van der Waals surface area contributed by atoms with E-state index in [0.717, 1.165) is 22.4 Å². The first-order valence-corrected chi connectivity index (χ1v) is 11.3. The number of aromatic hydroxyl groups is 1. The molecule has 0 bridgehead atoms. The largest absolute Gasteiger partial charge is 0.508 e. The molecule has 0 aliphatic carbocycles. The number of hydrogen-bond acceptors (Lipinski definition) is 5. The predicted octanol–water partition coefficient (Wildman–Crippen LogP) is 5.64. The molecule has 3 aromatic carbocycles. The van der Waals surface area contributed by atoms with Crippen molar-refractivity contribution in [3.63, 3.8) is 0 Å². The van der Waals surface area contributed by atoms with E-state index in [1.807, 2.05) is 48.7 Å². The van der Waals surface area contributed by atoms with Crippen molar-refractivity contribution in [3.05, 3.63) is 82.9 Å². The van der Waals surface area contributed by atoms with Gasteiger partial charge in [0.15, 0.2) is 11.0 Å². The molecule has 0 saturated carbocycles. The van der Waals surface area contributed by atoms with E-state index < -0.39 is 0 Å². The summed E-state index contributed by atoms with van der Waals surface area (Å²) in [7, 11) is 0. The van der Waals surface area contributed by atoms with Crippen LogP contribution in [0.2, 0.25) is 5.02 Å². The van der Waals surface area contributed by atoms with Gasteiger partial charge in [0.2, 0.25) is 5.91 Å². The van der Waals surface area contributed by atoms with Crippen molar-refractivity contribution in [1.29, 1.82) is 0 Å². The molecule has 32 heavy (non-hydrogen) atoms. The maximum atomic E-state index is 12.5. The van der Waals surface area contributed by atoms with Crippen LogP contribution in [0.3, 0.4) is 0 Å². The zero-order chi connectivity index (χ0) is 22.7. The van der Waals surface area contributed by atoms with E-state index in [-0.39, 0.29) is 17.4 Å². The summed E-state index contributed by atoms with van der Waals surface area (Å²) < 4.78 is 1.95. The van der Waals surface area contributed by atoms with Crippen LogP contribution in [0.1, 0.15) is 11.1 Å². The first-order chi connectivity index (χ1) is 15.4. The Labute approximate surface area is 195 Å². The van der Waals surface area contributed by atoms with Gasteiger partial charge in [-0.1, -0.05) is 47.6 Å². The summed E-state index contributed by atoms with van der Waals surface area (Å²) in [5, 5.41) is 22.3. The third kappa shape index (κ3) is 4.64. The summed E-state index contributed by atoms with van der Waals surface area (Å²) in [6, 6.07) is 20.0. The fourth-order valence-corrected chi connectivity index (χ4v) is 4.16. The number of nitrogens with zero attached hydrogens (tertiary/aromatic N) is 3. The number of phenols is 1. The van der Waals surface area contributed by atoms with Crippen LogP contribution in [0, 0.1) is 13.8 Å². The Balaban J connectivity index is 1.66. The molecule has 1 amide bonds. The van der Waals surface area contributed by atoms with Crippen LogP contribution in [-0.4, -0.2) is 31.5 Å². The molecule has 0 unspecified atom stereocenters. The Bertz CT molecular complexity index is 1270. The number of rotatable bonds is 6. The summed E-state index contributed by atoms with van der Waals surface area (Å²) in [4.78, 5) is 12.5. The van der Waals surface area contributed by atoms with Gasteiger partial charge in [0.25, 0.3) is 0 Å². The van der Waals surface area contributed by atoms with Gasteiger partial charge < -0.3 is 10.4 Å². The molecular weight excluding hydrogens is 444 g/mol. The first-order valence-electron chi connectivity index (χ1n) is 9.92. The number of hydrogen-bond donors (Lipinski definition) is 2. The van der Waals surface area contributed by atoms with Crippen molar-refractivity contribution in [2.45, 2.75) is 19.0 Å². The highest BCUT2D eigenvalue weighted by atomic mass is 35.5. The van der Waals surface area contributed by atoms with Gasteiger partial charge >= 0.3 is 0 Å². The second-order valence-corrected chi connectivity index (χ2v) is 8.57. The number of nitrogens with one attached hydrogen (secondary N) is 1. The van der Waals surface area contributed by atoms with Crippen LogP contribution in [0.5, 0.6) is 5.75 Å². The predicted molar refractivity (Wildman–Crippen MR) is 129 cm³/mol. The second kappa shape index (κ2) is 9.46. The number of carbonyl (C=O) groups excluding carboxylic acids is 1. The molecule has 0 spiro atoms. The van der Waals surface area contributed by atoms with E-state index in [1.165, 1.54) is 11.8 Å². The third-order valence-corrected chi connectivity index (χ3v) is 6.31. The standard InChI is InChI=1S/C24H21ClN4O2S/c1-15-6-5-9-21(16(15)2)29-23(17-10-12-18(30)13-11-17)27-28-24(29)32-14-22(31)26-20-8-4-3-7-19(20)25/h3-13,30H,14H2,1-2H3,(H,26,31). The minimum absolute atomic E-state index is 0.143. The molecule has 162 valence electrons. The molecule has 0 aliphatic heterocycles. The lowest BCUT2D eigenvalue weighted by Gasteiger charge is -2.14. The van der Waals surface area contributed by atoms with Crippen molar-refractivity contribution < 1.29 is 9.90 Å². The van der Waals surface area contributed by atoms with Crippen LogP contribution in [0.25, 0.3) is 17.1 Å². The van der Waals surface area contributed by atoms with E-state index in [2.05, 4.69) is 15.5 Å². The molecule has 1 heterocycles. The van der Waals surface area contributed by atoms with Crippen molar-refractivity contribution in [2.75, 3.05) is 11.1 Å². The number of thioether (sulfide) groups is 1. The number of amides is 1. The number of carbonyl (C=O) groups is 1. The Morgan fingerprint density at radius 1 is 1.03 bits per heavy atom. The van der Waals surface area contributed by atoms with Crippen molar-refractivity contribution in [2.24, 2.45) is 0 Å². The molecule has 0 aliphatic rings. The van der Waals surface area contributed by atoms with Crippen molar-refractivity contribution in [1.82, 2.24) is 14.8 Å². The van der Waals surface area contributed by atoms with Gasteiger partial charge in [-0.2, -0.15) is 0 Å². The molecule has 2 N–H and O–H groups in total. The summed E-state index contributed by atoms with van der Waals surface area (Å²) >= 11 is 7.43. The Kier molecular flexibility index (Phi) is 6.48. The van der Waals surface area contributed by atoms with E-state index in [1.54, 1.807) is 36.4 Å². The number of para-hydroxylation sites is 1. The topological polar surface area (TPSA) is 80.0 Å². The minimum Gasteiger partial charge on any atom is -0.508 e. The average Bonchev–Trinajstić information content (AvgIpc) is 3.20. The highest BCUT2D eigenvalue weighted by Crippen LogP contribution is 2.31. The number of phenolic OH excluding ortho intramolecular Hbond substituents is 1. The van der Waals surface area contributed by atoms with E-state index >= 15 is 0 Å². The number of aryl methyl sites for hydroxylation is 1. The van der Waals surface area contributed by atoms with Crippen LogP contribution in [0.4, 0.5) is 5.69 Å². The first kappa shape index (κ1) is 21.9. The van der Waals surface area contributed by atoms with Crippen molar-refractivity contribution in [3.8, 4) is 22.8 Å². The Morgan fingerprint density at radius 3 is 2.53 bits per heavy atom. The number of benzene rings is 3. The SMILES string of the molecule is Cc1cccc(-n2c(SCC(=O)Nc3ccccc3Cl)nnc2-c2ccc(O)cc2)c1C. The monoisotopic (exact) mass is 464 g/mol. The normalized spacial score (nSPS) is 10.8. The molecule has 8 heteroatoms.